The molecule has 0 unspecified atom stereocenters. The van der Waals surface area contributed by atoms with E-state index in [2.05, 4.69) is 51.4 Å². The predicted octanol–water partition coefficient (Wildman–Crippen LogP) is 4.83. The van der Waals surface area contributed by atoms with Crippen molar-refractivity contribution in [3.63, 3.8) is 0 Å². The molecule has 0 aliphatic heterocycles. The van der Waals surface area contributed by atoms with Crippen LogP contribution in [0.25, 0.3) is 22.2 Å². The van der Waals surface area contributed by atoms with Crippen LogP contribution in [0.4, 0.5) is 4.39 Å². The van der Waals surface area contributed by atoms with Crippen molar-refractivity contribution in [2.45, 2.75) is 19.4 Å². The Labute approximate surface area is 164 Å². The van der Waals surface area contributed by atoms with Crippen molar-refractivity contribution in [2.24, 2.45) is 0 Å². The summed E-state index contributed by atoms with van der Waals surface area (Å²) in [6.07, 6.45) is 3.80. The summed E-state index contributed by atoms with van der Waals surface area (Å²) in [4.78, 5) is 6.86. The van der Waals surface area contributed by atoms with Crippen molar-refractivity contribution >= 4 is 10.9 Å². The third-order valence-corrected chi connectivity index (χ3v) is 4.91. The van der Waals surface area contributed by atoms with E-state index in [0.717, 1.165) is 48.4 Å². The summed E-state index contributed by atoms with van der Waals surface area (Å²) in [6, 6.07) is 18.9. The number of aromatic nitrogens is 3. The number of hydrogen-bond donors (Lipinski definition) is 1. The summed E-state index contributed by atoms with van der Waals surface area (Å²) in [7, 11) is 2.14. The molecule has 4 nitrogen and oxygen atoms in total. The molecule has 4 rings (SSSR count). The van der Waals surface area contributed by atoms with Gasteiger partial charge in [0.25, 0.3) is 0 Å². The van der Waals surface area contributed by atoms with Crippen molar-refractivity contribution in [3.05, 3.63) is 83.9 Å². The number of rotatable bonds is 7. The fourth-order valence-electron chi connectivity index (χ4n) is 3.46. The zero-order chi connectivity index (χ0) is 19.3. The topological polar surface area (TPSA) is 44.8 Å². The van der Waals surface area contributed by atoms with Gasteiger partial charge in [-0.3, -0.25) is 10.1 Å². The van der Waals surface area contributed by atoms with Gasteiger partial charge in [0.15, 0.2) is 0 Å². The second kappa shape index (κ2) is 8.31. The minimum Gasteiger partial charge on any atom is -0.302 e. The number of hydrogen-bond acceptors (Lipinski definition) is 3. The number of halogens is 1. The lowest BCUT2D eigenvalue weighted by Crippen LogP contribution is -2.20. The Morgan fingerprint density at radius 1 is 1.04 bits per heavy atom. The number of nitrogens with one attached hydrogen (secondary N) is 1. The van der Waals surface area contributed by atoms with Crippen LogP contribution in [-0.2, 0) is 13.0 Å². The highest BCUT2D eigenvalue weighted by atomic mass is 19.1. The first-order valence-electron chi connectivity index (χ1n) is 9.50. The molecule has 0 bridgehead atoms. The molecule has 2 heterocycles. The molecule has 142 valence electrons. The van der Waals surface area contributed by atoms with Gasteiger partial charge in [-0.2, -0.15) is 5.10 Å². The molecule has 2 aromatic carbocycles. The lowest BCUT2D eigenvalue weighted by Gasteiger charge is -2.17. The van der Waals surface area contributed by atoms with Gasteiger partial charge >= 0.3 is 0 Å². The molecule has 5 heteroatoms. The molecule has 4 aromatic rings. The van der Waals surface area contributed by atoms with Gasteiger partial charge in [0.05, 0.1) is 11.2 Å². The van der Waals surface area contributed by atoms with E-state index in [4.69, 9.17) is 0 Å². The zero-order valence-electron chi connectivity index (χ0n) is 15.9. The number of aromatic amines is 1. The number of para-hydroxylation sites is 1. The third kappa shape index (κ3) is 4.26. The molecule has 0 aliphatic rings. The monoisotopic (exact) mass is 374 g/mol. The smallest absolute Gasteiger partial charge is 0.123 e. The first-order chi connectivity index (χ1) is 13.7. The van der Waals surface area contributed by atoms with Gasteiger partial charge in [-0.25, -0.2) is 4.39 Å². The number of benzene rings is 2. The van der Waals surface area contributed by atoms with E-state index in [0.29, 0.717) is 0 Å². The molecule has 28 heavy (non-hydrogen) atoms. The Kier molecular flexibility index (Phi) is 5.44. The number of fused-ring (bicyclic) bond motifs is 1. The molecule has 0 aliphatic carbocycles. The minimum absolute atomic E-state index is 0.232. The van der Waals surface area contributed by atoms with E-state index in [1.807, 2.05) is 18.3 Å². The molecule has 0 fully saturated rings. The fraction of sp³-hybridized carbons (Fsp3) is 0.217. The van der Waals surface area contributed by atoms with Crippen LogP contribution < -0.4 is 0 Å². The summed E-state index contributed by atoms with van der Waals surface area (Å²) < 4.78 is 13.1. The normalized spacial score (nSPS) is 11.4. The van der Waals surface area contributed by atoms with Crippen LogP contribution in [0.2, 0.25) is 0 Å². The summed E-state index contributed by atoms with van der Waals surface area (Å²) >= 11 is 0. The summed E-state index contributed by atoms with van der Waals surface area (Å²) in [5.41, 5.74) is 5.20. The average molecular weight is 374 g/mol. The van der Waals surface area contributed by atoms with Crippen molar-refractivity contribution in [1.82, 2.24) is 20.1 Å². The molecule has 0 saturated heterocycles. The predicted molar refractivity (Wildman–Crippen MR) is 110 cm³/mol. The van der Waals surface area contributed by atoms with Crippen molar-refractivity contribution in [2.75, 3.05) is 13.6 Å². The van der Waals surface area contributed by atoms with Crippen molar-refractivity contribution in [3.8, 4) is 11.3 Å². The molecule has 0 amide bonds. The number of aryl methyl sites for hydroxylation is 1. The van der Waals surface area contributed by atoms with Gasteiger partial charge in [-0.15, -0.1) is 0 Å². The Bertz CT molecular complexity index is 1050. The Morgan fingerprint density at radius 3 is 2.71 bits per heavy atom. The number of pyridine rings is 1. The molecule has 2 aromatic heterocycles. The highest BCUT2D eigenvalue weighted by molar-refractivity contribution is 5.81. The maximum Gasteiger partial charge on any atom is 0.123 e. The summed E-state index contributed by atoms with van der Waals surface area (Å²) in [6.45, 7) is 1.85. The largest absolute Gasteiger partial charge is 0.302 e. The zero-order valence-corrected chi connectivity index (χ0v) is 15.9. The van der Waals surface area contributed by atoms with E-state index < -0.39 is 0 Å². The number of H-pyrrole nitrogens is 1. The summed E-state index contributed by atoms with van der Waals surface area (Å²) in [5, 5.41) is 8.62. The van der Waals surface area contributed by atoms with Gasteiger partial charge in [-0.1, -0.05) is 24.3 Å². The summed E-state index contributed by atoms with van der Waals surface area (Å²) in [5.74, 6) is -0.232. The Morgan fingerprint density at radius 2 is 1.86 bits per heavy atom. The van der Waals surface area contributed by atoms with Gasteiger partial charge < -0.3 is 4.90 Å². The average Bonchev–Trinajstić information content (AvgIpc) is 3.18. The lowest BCUT2D eigenvalue weighted by molar-refractivity contribution is 0.322. The van der Waals surface area contributed by atoms with Crippen LogP contribution in [0, 0.1) is 5.82 Å². The molecule has 0 radical (unpaired) electrons. The molecular formula is C23H23FN4. The SMILES string of the molecule is CN(CCCc1cc(-c2ccc(F)cc2)n[nH]1)Cc1cccc2cccnc12. The van der Waals surface area contributed by atoms with Gasteiger partial charge in [0.1, 0.15) is 5.82 Å². The van der Waals surface area contributed by atoms with Gasteiger partial charge in [0.2, 0.25) is 0 Å². The fourth-order valence-corrected chi connectivity index (χ4v) is 3.46. The van der Waals surface area contributed by atoms with E-state index in [9.17, 15) is 4.39 Å². The first-order valence-corrected chi connectivity index (χ1v) is 9.50. The maximum atomic E-state index is 13.1. The van der Waals surface area contributed by atoms with Crippen molar-refractivity contribution in [1.29, 1.82) is 0 Å². The van der Waals surface area contributed by atoms with Crippen molar-refractivity contribution < 1.29 is 4.39 Å². The van der Waals surface area contributed by atoms with Gasteiger partial charge in [0, 0.05) is 29.4 Å². The van der Waals surface area contributed by atoms with Crippen LogP contribution >= 0.6 is 0 Å². The molecule has 0 atom stereocenters. The highest BCUT2D eigenvalue weighted by Crippen LogP contribution is 2.19. The molecule has 0 saturated carbocycles. The van der Waals surface area contributed by atoms with Crippen LogP contribution in [0.3, 0.4) is 0 Å². The number of nitrogens with zero attached hydrogens (tertiary/aromatic N) is 3. The second-order valence-electron chi connectivity index (χ2n) is 7.12. The highest BCUT2D eigenvalue weighted by Gasteiger charge is 2.07. The van der Waals surface area contributed by atoms with E-state index in [-0.39, 0.29) is 5.82 Å². The Hall–Kier alpha value is -3.05. The van der Waals surface area contributed by atoms with E-state index >= 15 is 0 Å². The second-order valence-corrected chi connectivity index (χ2v) is 7.12. The standard InChI is InChI=1S/C23H23FN4/c1-28(16-19-6-2-5-18-7-3-13-25-23(18)19)14-4-8-21-15-22(27-26-21)17-9-11-20(24)12-10-17/h2-3,5-7,9-13,15H,4,8,14,16H2,1H3,(H,26,27). The van der Waals surface area contributed by atoms with Gasteiger partial charge in [-0.05, 0) is 68.4 Å². The lowest BCUT2D eigenvalue weighted by atomic mass is 10.1. The van der Waals surface area contributed by atoms with Crippen LogP contribution in [0.1, 0.15) is 17.7 Å². The van der Waals surface area contributed by atoms with Crippen LogP contribution in [0.15, 0.2) is 66.9 Å². The third-order valence-electron chi connectivity index (χ3n) is 4.91. The first kappa shape index (κ1) is 18.3. The van der Waals surface area contributed by atoms with Crippen LogP contribution in [-0.4, -0.2) is 33.7 Å². The van der Waals surface area contributed by atoms with Crippen LogP contribution in [0.5, 0.6) is 0 Å². The maximum absolute atomic E-state index is 13.1. The molecule has 1 N–H and O–H groups in total. The van der Waals surface area contributed by atoms with E-state index in [1.165, 1.54) is 23.1 Å². The van der Waals surface area contributed by atoms with E-state index in [1.54, 1.807) is 12.1 Å². The quantitative estimate of drug-likeness (QED) is 0.504. The Balaban J connectivity index is 1.32. The molecule has 0 spiro atoms. The molecular weight excluding hydrogens is 351 g/mol. The minimum atomic E-state index is -0.232.